The van der Waals surface area contributed by atoms with Crippen molar-refractivity contribution < 1.29 is 14.3 Å². The highest BCUT2D eigenvalue weighted by atomic mass is 16.4. The number of urea groups is 1. The Morgan fingerprint density at radius 1 is 1.22 bits per heavy atom. The lowest BCUT2D eigenvalue weighted by Gasteiger charge is -2.17. The number of furan rings is 1. The van der Waals surface area contributed by atoms with Gasteiger partial charge in [0, 0.05) is 18.2 Å². The number of benzene rings is 1. The lowest BCUT2D eigenvalue weighted by atomic mass is 10.0. The highest BCUT2D eigenvalue weighted by molar-refractivity contribution is 5.89. The maximum Gasteiger partial charge on any atom is 0.319 e. The molecule has 1 aromatic heterocycles. The van der Waals surface area contributed by atoms with E-state index >= 15 is 0 Å². The Morgan fingerprint density at radius 3 is 2.65 bits per heavy atom. The third kappa shape index (κ3) is 5.14. The molecule has 2 unspecified atom stereocenters. The van der Waals surface area contributed by atoms with Crippen molar-refractivity contribution in [3.05, 3.63) is 54.0 Å². The van der Waals surface area contributed by atoms with Crippen LogP contribution in [0.5, 0.6) is 0 Å². The lowest BCUT2D eigenvalue weighted by Crippen LogP contribution is -2.37. The second-order valence-corrected chi connectivity index (χ2v) is 6.05. The number of aliphatic hydroxyl groups is 1. The van der Waals surface area contributed by atoms with Crippen molar-refractivity contribution in [3.8, 4) is 0 Å². The van der Waals surface area contributed by atoms with E-state index in [1.54, 1.807) is 12.1 Å². The second kappa shape index (κ2) is 7.83. The van der Waals surface area contributed by atoms with Gasteiger partial charge >= 0.3 is 6.03 Å². The molecule has 0 bridgehead atoms. The first kappa shape index (κ1) is 17.1. The van der Waals surface area contributed by atoms with Crippen molar-refractivity contribution >= 4 is 11.7 Å². The number of carbonyl (C=O) groups is 1. The molecule has 2 atom stereocenters. The molecule has 1 aromatic carbocycles. The molecule has 2 amide bonds. The van der Waals surface area contributed by atoms with Crippen molar-refractivity contribution in [3.63, 3.8) is 0 Å². The lowest BCUT2D eigenvalue weighted by molar-refractivity contribution is 0.130. The molecule has 3 N–H and O–H groups in total. The molecule has 124 valence electrons. The molecule has 0 spiro atoms. The van der Waals surface area contributed by atoms with Crippen LogP contribution in [-0.2, 0) is 0 Å². The Kier molecular flexibility index (Phi) is 5.82. The van der Waals surface area contributed by atoms with Crippen LogP contribution in [-0.4, -0.2) is 17.2 Å². The smallest absolute Gasteiger partial charge is 0.319 e. The molecule has 5 heteroatoms. The van der Waals surface area contributed by atoms with Crippen molar-refractivity contribution in [1.29, 1.82) is 0 Å². The van der Waals surface area contributed by atoms with Crippen LogP contribution in [0.25, 0.3) is 0 Å². The van der Waals surface area contributed by atoms with E-state index in [1.807, 2.05) is 31.2 Å². The summed E-state index contributed by atoms with van der Waals surface area (Å²) in [7, 11) is 0. The average Bonchev–Trinajstić information content (AvgIpc) is 3.01. The zero-order chi connectivity index (χ0) is 16.8. The zero-order valence-electron chi connectivity index (χ0n) is 13.7. The summed E-state index contributed by atoms with van der Waals surface area (Å²) >= 11 is 0. The van der Waals surface area contributed by atoms with Gasteiger partial charge in [0.1, 0.15) is 11.9 Å². The van der Waals surface area contributed by atoms with Crippen LogP contribution < -0.4 is 10.6 Å². The number of amides is 2. The van der Waals surface area contributed by atoms with Crippen LogP contribution in [0.2, 0.25) is 0 Å². The fourth-order valence-electron chi connectivity index (χ4n) is 2.36. The Balaban J connectivity index is 1.85. The van der Waals surface area contributed by atoms with Gasteiger partial charge < -0.3 is 20.2 Å². The number of anilines is 1. The highest BCUT2D eigenvalue weighted by Crippen LogP contribution is 2.20. The van der Waals surface area contributed by atoms with Crippen LogP contribution in [0.3, 0.4) is 0 Å². The fourth-order valence-corrected chi connectivity index (χ4v) is 2.36. The topological polar surface area (TPSA) is 74.5 Å². The average molecular weight is 316 g/mol. The van der Waals surface area contributed by atoms with Crippen LogP contribution in [0, 0.1) is 0 Å². The number of hydrogen-bond donors (Lipinski definition) is 3. The minimum Gasteiger partial charge on any atom is -0.467 e. The van der Waals surface area contributed by atoms with Crippen molar-refractivity contribution in [2.75, 3.05) is 5.32 Å². The van der Waals surface area contributed by atoms with Crippen molar-refractivity contribution in [2.24, 2.45) is 0 Å². The molecule has 2 aromatic rings. The van der Waals surface area contributed by atoms with Gasteiger partial charge in [-0.15, -0.1) is 0 Å². The monoisotopic (exact) mass is 316 g/mol. The Bertz CT molecular complexity index is 623. The van der Waals surface area contributed by atoms with E-state index in [2.05, 4.69) is 24.5 Å². The van der Waals surface area contributed by atoms with Crippen LogP contribution >= 0.6 is 0 Å². The summed E-state index contributed by atoms with van der Waals surface area (Å²) in [6.07, 6.45) is 1.17. The standard InChI is InChI=1S/C18H24N2O3/c1-12(2)14-6-4-7-15(11-14)20-18(22)19-13(3)10-16(21)17-8-5-9-23-17/h4-9,11-13,16,21H,10H2,1-3H3,(H2,19,20,22). The molecule has 0 fully saturated rings. The molecule has 0 saturated carbocycles. The maximum absolute atomic E-state index is 12.0. The van der Waals surface area contributed by atoms with Gasteiger partial charge in [0.25, 0.3) is 0 Å². The molecular weight excluding hydrogens is 292 g/mol. The van der Waals surface area contributed by atoms with E-state index in [-0.39, 0.29) is 12.1 Å². The van der Waals surface area contributed by atoms with E-state index in [1.165, 1.54) is 11.8 Å². The first-order chi connectivity index (χ1) is 11.0. The summed E-state index contributed by atoms with van der Waals surface area (Å²) in [5, 5.41) is 15.7. The number of carbonyl (C=O) groups excluding carboxylic acids is 1. The highest BCUT2D eigenvalue weighted by Gasteiger charge is 2.16. The minimum absolute atomic E-state index is 0.191. The number of nitrogens with one attached hydrogen (secondary N) is 2. The largest absolute Gasteiger partial charge is 0.467 e. The van der Waals surface area contributed by atoms with Gasteiger partial charge in [0.15, 0.2) is 0 Å². The molecule has 23 heavy (non-hydrogen) atoms. The summed E-state index contributed by atoms with van der Waals surface area (Å²) < 4.78 is 5.15. The molecular formula is C18H24N2O3. The Hall–Kier alpha value is -2.27. The second-order valence-electron chi connectivity index (χ2n) is 6.05. The molecule has 2 rings (SSSR count). The summed E-state index contributed by atoms with van der Waals surface area (Å²) in [4.78, 5) is 12.0. The summed E-state index contributed by atoms with van der Waals surface area (Å²) in [6.45, 7) is 6.06. The van der Waals surface area contributed by atoms with Gasteiger partial charge in [-0.05, 0) is 42.7 Å². The zero-order valence-corrected chi connectivity index (χ0v) is 13.7. The van der Waals surface area contributed by atoms with E-state index in [0.717, 1.165) is 5.69 Å². The van der Waals surface area contributed by atoms with Gasteiger partial charge in [-0.3, -0.25) is 0 Å². The third-order valence-electron chi connectivity index (χ3n) is 3.64. The predicted molar refractivity (Wildman–Crippen MR) is 90.4 cm³/mol. The fraction of sp³-hybridized carbons (Fsp3) is 0.389. The van der Waals surface area contributed by atoms with E-state index in [0.29, 0.717) is 18.1 Å². The molecule has 0 aliphatic rings. The van der Waals surface area contributed by atoms with Crippen LogP contribution in [0.4, 0.5) is 10.5 Å². The Morgan fingerprint density at radius 2 is 2.00 bits per heavy atom. The summed E-state index contributed by atoms with van der Waals surface area (Å²) in [5.74, 6) is 0.908. The summed E-state index contributed by atoms with van der Waals surface area (Å²) in [6, 6.07) is 10.7. The summed E-state index contributed by atoms with van der Waals surface area (Å²) in [5.41, 5.74) is 1.93. The predicted octanol–water partition coefficient (Wildman–Crippen LogP) is 4.04. The van der Waals surface area contributed by atoms with Crippen LogP contribution in [0.15, 0.2) is 47.1 Å². The molecule has 1 heterocycles. The number of aliphatic hydroxyl groups excluding tert-OH is 1. The minimum atomic E-state index is -0.732. The molecule has 5 nitrogen and oxygen atoms in total. The van der Waals surface area contributed by atoms with Gasteiger partial charge in [-0.2, -0.15) is 0 Å². The van der Waals surface area contributed by atoms with E-state index < -0.39 is 6.10 Å². The number of hydrogen-bond acceptors (Lipinski definition) is 3. The SMILES string of the molecule is CC(CC(O)c1ccco1)NC(=O)Nc1cccc(C(C)C)c1. The van der Waals surface area contributed by atoms with E-state index in [9.17, 15) is 9.90 Å². The van der Waals surface area contributed by atoms with Crippen molar-refractivity contribution in [1.82, 2.24) is 5.32 Å². The quantitative estimate of drug-likeness (QED) is 0.753. The number of rotatable bonds is 6. The Labute approximate surface area is 136 Å². The molecule has 0 aliphatic heterocycles. The third-order valence-corrected chi connectivity index (χ3v) is 3.64. The molecule has 0 radical (unpaired) electrons. The normalized spacial score (nSPS) is 13.6. The van der Waals surface area contributed by atoms with Crippen molar-refractivity contribution in [2.45, 2.75) is 45.3 Å². The first-order valence-corrected chi connectivity index (χ1v) is 7.84. The van der Waals surface area contributed by atoms with Gasteiger partial charge in [0.2, 0.25) is 0 Å². The molecule has 0 aliphatic carbocycles. The first-order valence-electron chi connectivity index (χ1n) is 7.84. The van der Waals surface area contributed by atoms with Gasteiger partial charge in [-0.1, -0.05) is 26.0 Å². The molecule has 0 saturated heterocycles. The van der Waals surface area contributed by atoms with E-state index in [4.69, 9.17) is 4.42 Å². The van der Waals surface area contributed by atoms with Crippen LogP contribution in [0.1, 0.15) is 50.5 Å². The van der Waals surface area contributed by atoms with Gasteiger partial charge in [-0.25, -0.2) is 4.79 Å². The van der Waals surface area contributed by atoms with Gasteiger partial charge in [0.05, 0.1) is 6.26 Å². The maximum atomic E-state index is 12.0.